The fourth-order valence-electron chi connectivity index (χ4n) is 3.61. The second kappa shape index (κ2) is 11.5. The molecule has 1 atom stereocenters. The minimum absolute atomic E-state index is 0.0821. The van der Waals surface area contributed by atoms with Gasteiger partial charge in [-0.25, -0.2) is 8.42 Å². The monoisotopic (exact) mass is 493 g/mol. The van der Waals surface area contributed by atoms with Gasteiger partial charge in [-0.2, -0.15) is 0 Å². The molecule has 0 aromatic heterocycles. The minimum Gasteiger partial charge on any atom is -0.468 e. The molecule has 0 fully saturated rings. The first-order chi connectivity index (χ1) is 16.8. The molecule has 0 bridgehead atoms. The number of aryl methyl sites for hydroxylation is 1. The number of esters is 2. The lowest BCUT2D eigenvalue weighted by Gasteiger charge is -2.23. The van der Waals surface area contributed by atoms with Gasteiger partial charge >= 0.3 is 11.9 Å². The molecule has 0 spiro atoms. The molecule has 0 unspecified atom stereocenters. The van der Waals surface area contributed by atoms with Crippen LogP contribution in [0.1, 0.15) is 22.6 Å². The van der Waals surface area contributed by atoms with Gasteiger partial charge < -0.3 is 9.47 Å². The maximum absolute atomic E-state index is 13.3. The van der Waals surface area contributed by atoms with E-state index in [-0.39, 0.29) is 10.6 Å². The Morgan fingerprint density at radius 3 is 1.83 bits per heavy atom. The van der Waals surface area contributed by atoms with Gasteiger partial charge in [0.2, 0.25) is 0 Å². The van der Waals surface area contributed by atoms with Gasteiger partial charge in [0.25, 0.3) is 10.0 Å². The van der Waals surface area contributed by atoms with Crippen LogP contribution in [0.2, 0.25) is 0 Å². The van der Waals surface area contributed by atoms with Crippen LogP contribution in [0.5, 0.6) is 0 Å². The summed E-state index contributed by atoms with van der Waals surface area (Å²) in [5.74, 6) is -3.83. The number of hydrogen-bond donors (Lipinski definition) is 1. The number of carbonyl (C=O) groups is 2. The van der Waals surface area contributed by atoms with Gasteiger partial charge in [-0.1, -0.05) is 84.4 Å². The van der Waals surface area contributed by atoms with E-state index in [4.69, 9.17) is 9.47 Å². The topological polar surface area (TPSA) is 98.8 Å². The van der Waals surface area contributed by atoms with Crippen molar-refractivity contribution in [1.29, 1.82) is 0 Å². The van der Waals surface area contributed by atoms with E-state index >= 15 is 0 Å². The molecule has 0 saturated heterocycles. The van der Waals surface area contributed by atoms with Crippen molar-refractivity contribution in [2.75, 3.05) is 14.2 Å². The van der Waals surface area contributed by atoms with Crippen LogP contribution in [-0.4, -0.2) is 34.6 Å². The third-order valence-corrected chi connectivity index (χ3v) is 6.84. The molecule has 0 aliphatic heterocycles. The summed E-state index contributed by atoms with van der Waals surface area (Å²) >= 11 is 0. The highest BCUT2D eigenvalue weighted by Crippen LogP contribution is 2.32. The molecule has 8 heteroatoms. The van der Waals surface area contributed by atoms with Crippen LogP contribution >= 0.6 is 0 Å². The van der Waals surface area contributed by atoms with Crippen molar-refractivity contribution in [3.05, 3.63) is 108 Å². The number of benzene rings is 3. The normalized spacial score (nSPS) is 12.6. The molecule has 0 amide bonds. The molecule has 1 N–H and O–H groups in total. The van der Waals surface area contributed by atoms with Crippen molar-refractivity contribution in [2.24, 2.45) is 5.92 Å². The standard InChI is InChI=1S/C27H27NO6S/c1-19-14-16-22(17-15-19)35(31,32)28-24(21-12-8-5-9-13-21)18-23(20-10-6-4-7-11-20)25(26(29)33-2)27(30)34-3/h4-18,23,25,28H,1-3H3/b24-18+/t23-/m0/s1. The Bertz CT molecular complexity index is 1270. The predicted molar refractivity (Wildman–Crippen MR) is 133 cm³/mol. The molecular formula is C27H27NO6S. The molecule has 0 saturated carbocycles. The van der Waals surface area contributed by atoms with Crippen molar-refractivity contribution < 1.29 is 27.5 Å². The zero-order chi connectivity index (χ0) is 25.4. The highest BCUT2D eigenvalue weighted by atomic mass is 32.2. The van der Waals surface area contributed by atoms with E-state index in [2.05, 4.69) is 4.72 Å². The van der Waals surface area contributed by atoms with Crippen molar-refractivity contribution in [3.63, 3.8) is 0 Å². The van der Waals surface area contributed by atoms with Crippen molar-refractivity contribution in [1.82, 2.24) is 4.72 Å². The summed E-state index contributed by atoms with van der Waals surface area (Å²) < 4.78 is 39.0. The quantitative estimate of drug-likeness (QED) is 0.357. The Hall–Kier alpha value is -3.91. The zero-order valence-corrected chi connectivity index (χ0v) is 20.5. The van der Waals surface area contributed by atoms with Crippen LogP contribution < -0.4 is 4.72 Å². The van der Waals surface area contributed by atoms with E-state index < -0.39 is 33.8 Å². The van der Waals surface area contributed by atoms with Gasteiger partial charge in [0.15, 0.2) is 5.92 Å². The summed E-state index contributed by atoms with van der Waals surface area (Å²) in [5.41, 5.74) is 2.29. The number of methoxy groups -OCH3 is 2. The van der Waals surface area contributed by atoms with Crippen LogP contribution in [0.15, 0.2) is 95.9 Å². The average Bonchev–Trinajstić information content (AvgIpc) is 2.88. The summed E-state index contributed by atoms with van der Waals surface area (Å²) in [5, 5.41) is 0. The number of carbonyl (C=O) groups excluding carboxylic acids is 2. The molecule has 3 rings (SSSR count). The van der Waals surface area contributed by atoms with Crippen LogP contribution in [0, 0.1) is 12.8 Å². The Morgan fingerprint density at radius 1 is 0.800 bits per heavy atom. The van der Waals surface area contributed by atoms with Gasteiger partial charge in [0.05, 0.1) is 24.8 Å². The molecule has 0 heterocycles. The molecule has 35 heavy (non-hydrogen) atoms. The van der Waals surface area contributed by atoms with E-state index in [1.807, 2.05) is 6.92 Å². The number of nitrogens with one attached hydrogen (secondary N) is 1. The summed E-state index contributed by atoms with van der Waals surface area (Å²) in [7, 11) is -1.61. The molecule has 3 aromatic carbocycles. The van der Waals surface area contributed by atoms with Crippen molar-refractivity contribution in [2.45, 2.75) is 17.7 Å². The second-order valence-corrected chi connectivity index (χ2v) is 9.51. The predicted octanol–water partition coefficient (Wildman–Crippen LogP) is 4.06. The van der Waals surface area contributed by atoms with E-state index in [1.165, 1.54) is 26.4 Å². The Morgan fingerprint density at radius 2 is 1.31 bits per heavy atom. The summed E-state index contributed by atoms with van der Waals surface area (Å²) in [6.07, 6.45) is 1.55. The first-order valence-electron chi connectivity index (χ1n) is 10.8. The number of hydrogen-bond acceptors (Lipinski definition) is 6. The smallest absolute Gasteiger partial charge is 0.321 e. The summed E-state index contributed by atoms with van der Waals surface area (Å²) in [4.78, 5) is 25.5. The SMILES string of the molecule is COC(=O)C(C(=O)OC)[C@@H](/C=C(/NS(=O)(=O)c1ccc(C)cc1)c1ccccc1)c1ccccc1. The van der Waals surface area contributed by atoms with Crippen LogP contribution in [0.25, 0.3) is 5.70 Å². The van der Waals surface area contributed by atoms with Crippen LogP contribution in [0.3, 0.4) is 0 Å². The van der Waals surface area contributed by atoms with Gasteiger partial charge in [-0.05, 0) is 30.2 Å². The van der Waals surface area contributed by atoms with Crippen LogP contribution in [0.4, 0.5) is 0 Å². The number of ether oxygens (including phenoxy) is 2. The Balaban J connectivity index is 2.19. The van der Waals surface area contributed by atoms with Gasteiger partial charge in [0.1, 0.15) is 0 Å². The maximum atomic E-state index is 13.3. The highest BCUT2D eigenvalue weighted by Gasteiger charge is 2.37. The lowest BCUT2D eigenvalue weighted by Crippen LogP contribution is -2.32. The minimum atomic E-state index is -3.98. The molecule has 0 aliphatic rings. The van der Waals surface area contributed by atoms with Gasteiger partial charge in [-0.3, -0.25) is 14.3 Å². The first kappa shape index (κ1) is 25.7. The van der Waals surface area contributed by atoms with Gasteiger partial charge in [-0.15, -0.1) is 0 Å². The van der Waals surface area contributed by atoms with Crippen LogP contribution in [-0.2, 0) is 29.1 Å². The second-order valence-electron chi connectivity index (χ2n) is 7.83. The largest absolute Gasteiger partial charge is 0.468 e. The van der Waals surface area contributed by atoms with E-state index in [0.29, 0.717) is 11.1 Å². The van der Waals surface area contributed by atoms with Gasteiger partial charge in [0, 0.05) is 5.92 Å². The molecule has 0 aliphatic carbocycles. The summed E-state index contributed by atoms with van der Waals surface area (Å²) in [6, 6.07) is 24.1. The van der Waals surface area contributed by atoms with E-state index in [9.17, 15) is 18.0 Å². The molecule has 182 valence electrons. The van der Waals surface area contributed by atoms with Crippen molar-refractivity contribution in [3.8, 4) is 0 Å². The third-order valence-electron chi connectivity index (χ3n) is 5.46. The Labute approximate surface area is 205 Å². The number of allylic oxidation sites excluding steroid dienone is 1. The highest BCUT2D eigenvalue weighted by molar-refractivity contribution is 7.89. The Kier molecular flexibility index (Phi) is 8.43. The third kappa shape index (κ3) is 6.36. The molecule has 3 aromatic rings. The molecular weight excluding hydrogens is 466 g/mol. The number of sulfonamides is 1. The fraction of sp³-hybridized carbons (Fsp3) is 0.185. The fourth-order valence-corrected chi connectivity index (χ4v) is 4.70. The lowest BCUT2D eigenvalue weighted by atomic mass is 9.84. The zero-order valence-electron chi connectivity index (χ0n) is 19.7. The maximum Gasteiger partial charge on any atom is 0.321 e. The number of rotatable bonds is 9. The van der Waals surface area contributed by atoms with E-state index in [0.717, 1.165) is 5.56 Å². The lowest BCUT2D eigenvalue weighted by molar-refractivity contribution is -0.159. The molecule has 7 nitrogen and oxygen atoms in total. The average molecular weight is 494 g/mol. The molecule has 0 radical (unpaired) electrons. The first-order valence-corrected chi connectivity index (χ1v) is 12.3. The summed E-state index contributed by atoms with van der Waals surface area (Å²) in [6.45, 7) is 1.86. The van der Waals surface area contributed by atoms with E-state index in [1.54, 1.807) is 78.9 Å². The van der Waals surface area contributed by atoms with Crippen molar-refractivity contribution >= 4 is 27.7 Å².